The first-order valence-corrected chi connectivity index (χ1v) is 11.0. The van der Waals surface area contributed by atoms with Gasteiger partial charge in [-0.05, 0) is 59.3 Å². The van der Waals surface area contributed by atoms with Crippen LogP contribution in [0.1, 0.15) is 28.8 Å². The molecule has 2 aromatic carbocycles. The molecule has 0 unspecified atom stereocenters. The van der Waals surface area contributed by atoms with E-state index in [0.717, 1.165) is 21.6 Å². The normalized spacial score (nSPS) is 22.3. The summed E-state index contributed by atoms with van der Waals surface area (Å²) in [6, 6.07) is 19.2. The second kappa shape index (κ2) is 8.18. The fraction of sp³-hybridized carbons (Fsp3) is 0.208. The quantitative estimate of drug-likeness (QED) is 0.613. The van der Waals surface area contributed by atoms with E-state index in [1.807, 2.05) is 43.3 Å². The fourth-order valence-corrected chi connectivity index (χ4v) is 5.30. The average Bonchev–Trinajstić information content (AvgIpc) is 3.28. The molecule has 0 bridgehead atoms. The molecule has 2 heterocycles. The number of amides is 1. The van der Waals surface area contributed by atoms with Gasteiger partial charge in [0.05, 0.1) is 23.1 Å². The van der Waals surface area contributed by atoms with E-state index < -0.39 is 11.5 Å². The monoisotopic (exact) mass is 448 g/mol. The van der Waals surface area contributed by atoms with E-state index in [0.29, 0.717) is 16.5 Å². The number of nitrogens with zero attached hydrogens (tertiary/aromatic N) is 3. The summed E-state index contributed by atoms with van der Waals surface area (Å²) >= 11 is 7.84. The number of aliphatic imine (C=N–C) groups is 1. The zero-order chi connectivity index (χ0) is 22.2. The lowest BCUT2D eigenvalue weighted by atomic mass is 9.76. The number of hydrogen-bond donors (Lipinski definition) is 1. The molecular formula is C24H21ClN4OS. The molecule has 1 aromatic heterocycles. The van der Waals surface area contributed by atoms with Gasteiger partial charge in [-0.1, -0.05) is 35.9 Å². The summed E-state index contributed by atoms with van der Waals surface area (Å²) in [5, 5.41) is 15.4. The number of thiophene rings is 1. The van der Waals surface area contributed by atoms with Crippen molar-refractivity contribution in [3.05, 3.63) is 81.0 Å². The number of likely N-dealkylation sites (N-methyl/N-ethyl adjacent to an activating group) is 1. The zero-order valence-electron chi connectivity index (χ0n) is 17.4. The van der Waals surface area contributed by atoms with Crippen LogP contribution in [0.5, 0.6) is 0 Å². The highest BCUT2D eigenvalue weighted by Crippen LogP contribution is 2.44. The van der Waals surface area contributed by atoms with Gasteiger partial charge < -0.3 is 5.32 Å². The lowest BCUT2D eigenvalue weighted by molar-refractivity contribution is -0.131. The van der Waals surface area contributed by atoms with Crippen LogP contribution >= 0.6 is 22.9 Å². The Bertz CT molecular complexity index is 1230. The topological polar surface area (TPSA) is 68.5 Å². The summed E-state index contributed by atoms with van der Waals surface area (Å²) in [5.41, 5.74) is 2.70. The van der Waals surface area contributed by atoms with Crippen molar-refractivity contribution in [3.8, 4) is 17.2 Å². The summed E-state index contributed by atoms with van der Waals surface area (Å²) in [5.74, 6) is -0.0172. The van der Waals surface area contributed by atoms with Crippen molar-refractivity contribution in [1.29, 1.82) is 5.26 Å². The SMILES string of the molecule is CN=C1N[C@](C)(c2cc(-c3cccc(C#N)c3)cs2)[C@@H](c2cccc(Cl)c2)C(=O)N1C. The highest BCUT2D eigenvalue weighted by atomic mass is 35.5. The summed E-state index contributed by atoms with van der Waals surface area (Å²) in [6.45, 7) is 2.02. The number of carbonyl (C=O) groups is 1. The number of rotatable bonds is 3. The molecule has 1 aliphatic heterocycles. The standard InChI is InChI=1S/C24H21ClN4OS/c1-24(20-12-18(14-31-20)16-7-4-6-15(10-16)13-26)21(17-8-5-9-19(25)11-17)22(30)29(3)23(27-2)28-24/h4-12,14,21H,1-3H3,(H,27,28)/t21-,24+/m0/s1. The third-order valence-corrected chi connectivity index (χ3v) is 7.08. The number of halogens is 1. The largest absolute Gasteiger partial charge is 0.345 e. The molecule has 0 spiro atoms. The van der Waals surface area contributed by atoms with E-state index in [1.165, 1.54) is 0 Å². The molecule has 0 radical (unpaired) electrons. The Kier molecular flexibility index (Phi) is 5.57. The number of guanidine groups is 1. The van der Waals surface area contributed by atoms with E-state index in [-0.39, 0.29) is 5.91 Å². The minimum absolute atomic E-state index is 0.0504. The number of carbonyl (C=O) groups excluding carboxylic acids is 1. The molecule has 1 N–H and O–H groups in total. The van der Waals surface area contributed by atoms with Crippen molar-refractivity contribution >= 4 is 34.8 Å². The van der Waals surface area contributed by atoms with Crippen LogP contribution in [0.2, 0.25) is 5.02 Å². The van der Waals surface area contributed by atoms with E-state index in [2.05, 4.69) is 27.8 Å². The molecule has 156 valence electrons. The van der Waals surface area contributed by atoms with Crippen LogP contribution in [-0.2, 0) is 10.3 Å². The van der Waals surface area contributed by atoms with E-state index >= 15 is 0 Å². The Balaban J connectivity index is 1.84. The van der Waals surface area contributed by atoms with Gasteiger partial charge in [-0.3, -0.25) is 14.7 Å². The van der Waals surface area contributed by atoms with Crippen LogP contribution in [0.25, 0.3) is 11.1 Å². The summed E-state index contributed by atoms with van der Waals surface area (Å²) < 4.78 is 0. The predicted octanol–water partition coefficient (Wildman–Crippen LogP) is 4.99. The second-order valence-electron chi connectivity index (χ2n) is 7.65. The maximum absolute atomic E-state index is 13.5. The van der Waals surface area contributed by atoms with Crippen molar-refractivity contribution in [1.82, 2.24) is 10.2 Å². The summed E-state index contributed by atoms with van der Waals surface area (Å²) in [7, 11) is 3.39. The average molecular weight is 449 g/mol. The van der Waals surface area contributed by atoms with Gasteiger partial charge in [-0.25, -0.2) is 0 Å². The Morgan fingerprint density at radius 1 is 1.19 bits per heavy atom. The molecule has 1 saturated heterocycles. The highest BCUT2D eigenvalue weighted by molar-refractivity contribution is 7.10. The van der Waals surface area contributed by atoms with Crippen LogP contribution in [0.3, 0.4) is 0 Å². The lowest BCUT2D eigenvalue weighted by Crippen LogP contribution is -2.62. The van der Waals surface area contributed by atoms with Gasteiger partial charge in [0.2, 0.25) is 11.9 Å². The summed E-state index contributed by atoms with van der Waals surface area (Å²) in [6.07, 6.45) is 0. The first kappa shape index (κ1) is 21.1. The molecule has 1 aliphatic rings. The van der Waals surface area contributed by atoms with Gasteiger partial charge in [0.1, 0.15) is 0 Å². The van der Waals surface area contributed by atoms with Crippen molar-refractivity contribution in [2.75, 3.05) is 14.1 Å². The van der Waals surface area contributed by atoms with Gasteiger partial charge in [0.25, 0.3) is 0 Å². The molecule has 3 aromatic rings. The van der Waals surface area contributed by atoms with Crippen molar-refractivity contribution in [3.63, 3.8) is 0 Å². The number of nitrogens with one attached hydrogen (secondary N) is 1. The molecule has 4 rings (SSSR count). The van der Waals surface area contributed by atoms with Gasteiger partial charge in [-0.15, -0.1) is 11.3 Å². The molecule has 0 aliphatic carbocycles. The van der Waals surface area contributed by atoms with E-state index in [1.54, 1.807) is 42.5 Å². The summed E-state index contributed by atoms with van der Waals surface area (Å²) in [4.78, 5) is 20.3. The minimum atomic E-state index is -0.723. The predicted molar refractivity (Wildman–Crippen MR) is 125 cm³/mol. The molecule has 0 saturated carbocycles. The van der Waals surface area contributed by atoms with E-state index in [4.69, 9.17) is 11.6 Å². The molecular weight excluding hydrogens is 428 g/mol. The highest BCUT2D eigenvalue weighted by Gasteiger charge is 2.49. The van der Waals surface area contributed by atoms with Crippen molar-refractivity contribution in [2.24, 2.45) is 4.99 Å². The van der Waals surface area contributed by atoms with Crippen molar-refractivity contribution < 1.29 is 4.79 Å². The third-order valence-electron chi connectivity index (χ3n) is 5.67. The fourth-order valence-electron chi connectivity index (χ4n) is 4.03. The van der Waals surface area contributed by atoms with Gasteiger partial charge in [-0.2, -0.15) is 5.26 Å². The smallest absolute Gasteiger partial charge is 0.239 e. The second-order valence-corrected chi connectivity index (χ2v) is 9.00. The van der Waals surface area contributed by atoms with Gasteiger partial charge >= 0.3 is 0 Å². The Morgan fingerprint density at radius 3 is 2.68 bits per heavy atom. The molecule has 1 amide bonds. The van der Waals surface area contributed by atoms with Gasteiger partial charge in [0.15, 0.2) is 0 Å². The molecule has 1 fully saturated rings. The Hall–Kier alpha value is -3.14. The lowest BCUT2D eigenvalue weighted by Gasteiger charge is -2.45. The minimum Gasteiger partial charge on any atom is -0.345 e. The van der Waals surface area contributed by atoms with Gasteiger partial charge in [0, 0.05) is 24.0 Å². The number of nitriles is 1. The van der Waals surface area contributed by atoms with Crippen LogP contribution in [0.15, 0.2) is 65.0 Å². The first-order valence-electron chi connectivity index (χ1n) is 9.75. The maximum atomic E-state index is 13.5. The third kappa shape index (κ3) is 3.71. The maximum Gasteiger partial charge on any atom is 0.239 e. The van der Waals surface area contributed by atoms with Crippen LogP contribution in [-0.4, -0.2) is 30.9 Å². The molecule has 7 heteroatoms. The van der Waals surface area contributed by atoms with E-state index in [9.17, 15) is 10.1 Å². The van der Waals surface area contributed by atoms with Crippen LogP contribution < -0.4 is 5.32 Å². The van der Waals surface area contributed by atoms with Crippen molar-refractivity contribution in [2.45, 2.75) is 18.4 Å². The first-order chi connectivity index (χ1) is 14.9. The molecule has 31 heavy (non-hydrogen) atoms. The van der Waals surface area contributed by atoms with Crippen LogP contribution in [0.4, 0.5) is 0 Å². The Morgan fingerprint density at radius 2 is 1.97 bits per heavy atom. The number of benzene rings is 2. The Labute approximate surface area is 190 Å². The number of hydrogen-bond acceptors (Lipinski definition) is 4. The zero-order valence-corrected chi connectivity index (χ0v) is 19.0. The molecule has 5 nitrogen and oxygen atoms in total. The molecule has 2 atom stereocenters. The van der Waals surface area contributed by atoms with Crippen LogP contribution in [0, 0.1) is 11.3 Å².